The van der Waals surface area contributed by atoms with Gasteiger partial charge in [0.05, 0.1) is 13.8 Å². The molecular formula is C15H25NO2. The van der Waals surface area contributed by atoms with Crippen molar-refractivity contribution in [1.82, 2.24) is 5.32 Å². The number of nitrogens with one attached hydrogen (secondary N) is 1. The molecule has 1 aromatic rings. The molecular weight excluding hydrogens is 226 g/mol. The third-order valence-corrected chi connectivity index (χ3v) is 3.30. The van der Waals surface area contributed by atoms with E-state index in [1.807, 2.05) is 6.07 Å². The zero-order valence-corrected chi connectivity index (χ0v) is 12.1. The Bertz CT molecular complexity index is 386. The third-order valence-electron chi connectivity index (χ3n) is 3.30. The lowest BCUT2D eigenvalue weighted by molar-refractivity contribution is 0.246. The number of hydrogen-bond acceptors (Lipinski definition) is 3. The van der Waals surface area contributed by atoms with Crippen LogP contribution in [0, 0.1) is 0 Å². The Balaban J connectivity index is 3.14. The van der Waals surface area contributed by atoms with Gasteiger partial charge < -0.3 is 9.84 Å². The Labute approximate surface area is 110 Å². The summed E-state index contributed by atoms with van der Waals surface area (Å²) in [5.41, 5.74) is 2.40. The van der Waals surface area contributed by atoms with Crippen molar-refractivity contribution in [3.63, 3.8) is 0 Å². The molecule has 18 heavy (non-hydrogen) atoms. The average molecular weight is 251 g/mol. The number of ether oxygens (including phenoxy) is 1. The first kappa shape index (κ1) is 15.0. The quantitative estimate of drug-likeness (QED) is 0.764. The zero-order valence-electron chi connectivity index (χ0n) is 12.1. The molecule has 0 bridgehead atoms. The topological polar surface area (TPSA) is 41.5 Å². The number of aliphatic hydroxyl groups excluding tert-OH is 1. The van der Waals surface area contributed by atoms with Gasteiger partial charge in [0.25, 0.3) is 0 Å². The van der Waals surface area contributed by atoms with Crippen molar-refractivity contribution in [3.8, 4) is 5.75 Å². The molecule has 3 nitrogen and oxygen atoms in total. The zero-order chi connectivity index (χ0) is 13.8. The molecule has 1 aromatic carbocycles. The van der Waals surface area contributed by atoms with Crippen molar-refractivity contribution < 1.29 is 9.84 Å². The summed E-state index contributed by atoms with van der Waals surface area (Å²) in [5, 5.41) is 11.9. The highest BCUT2D eigenvalue weighted by Crippen LogP contribution is 2.33. The Morgan fingerprint density at radius 2 is 2.00 bits per heavy atom. The maximum absolute atomic E-state index is 8.90. The highest BCUT2D eigenvalue weighted by Gasteiger charge is 2.24. The van der Waals surface area contributed by atoms with E-state index in [-0.39, 0.29) is 12.1 Å². The van der Waals surface area contributed by atoms with Crippen molar-refractivity contribution in [2.75, 3.05) is 20.4 Å². The highest BCUT2D eigenvalue weighted by atomic mass is 16.5. The van der Waals surface area contributed by atoms with Gasteiger partial charge in [-0.3, -0.25) is 5.32 Å². The molecule has 0 unspecified atom stereocenters. The summed E-state index contributed by atoms with van der Waals surface area (Å²) in [6.07, 6.45) is 0. The Hall–Kier alpha value is -1.06. The van der Waals surface area contributed by atoms with Gasteiger partial charge in [-0.05, 0) is 17.5 Å². The molecule has 0 fully saturated rings. The SMILES string of the molecule is COc1ccc(C(C)C)cc1C(C)(C)CNCO. The van der Waals surface area contributed by atoms with Crippen LogP contribution in [0.3, 0.4) is 0 Å². The second-order valence-corrected chi connectivity index (χ2v) is 5.58. The first-order valence-corrected chi connectivity index (χ1v) is 6.42. The van der Waals surface area contributed by atoms with E-state index in [1.165, 1.54) is 11.1 Å². The fourth-order valence-electron chi connectivity index (χ4n) is 2.08. The maximum Gasteiger partial charge on any atom is 0.122 e. The Morgan fingerprint density at radius 1 is 1.33 bits per heavy atom. The van der Waals surface area contributed by atoms with Gasteiger partial charge in [0.15, 0.2) is 0 Å². The van der Waals surface area contributed by atoms with Gasteiger partial charge in [-0.2, -0.15) is 0 Å². The molecule has 3 heteroatoms. The summed E-state index contributed by atoms with van der Waals surface area (Å²) >= 11 is 0. The van der Waals surface area contributed by atoms with Gasteiger partial charge in [0, 0.05) is 17.5 Å². The first-order chi connectivity index (χ1) is 8.42. The largest absolute Gasteiger partial charge is 0.496 e. The monoisotopic (exact) mass is 251 g/mol. The third kappa shape index (κ3) is 3.47. The molecule has 0 aliphatic rings. The minimum atomic E-state index is -0.0844. The van der Waals surface area contributed by atoms with E-state index in [4.69, 9.17) is 9.84 Å². The van der Waals surface area contributed by atoms with Crippen molar-refractivity contribution in [2.24, 2.45) is 0 Å². The molecule has 102 valence electrons. The van der Waals surface area contributed by atoms with E-state index >= 15 is 0 Å². The van der Waals surface area contributed by atoms with Crippen molar-refractivity contribution in [2.45, 2.75) is 39.0 Å². The lowest BCUT2D eigenvalue weighted by Gasteiger charge is -2.28. The van der Waals surface area contributed by atoms with Gasteiger partial charge in [-0.25, -0.2) is 0 Å². The maximum atomic E-state index is 8.90. The lowest BCUT2D eigenvalue weighted by Crippen LogP contribution is -2.33. The van der Waals surface area contributed by atoms with E-state index in [2.05, 4.69) is 45.1 Å². The Morgan fingerprint density at radius 3 is 2.50 bits per heavy atom. The molecule has 1 rings (SSSR count). The van der Waals surface area contributed by atoms with Gasteiger partial charge in [0.1, 0.15) is 5.75 Å². The second kappa shape index (κ2) is 6.21. The molecule has 0 amide bonds. The van der Waals surface area contributed by atoms with Crippen LogP contribution < -0.4 is 10.1 Å². The van der Waals surface area contributed by atoms with Crippen LogP contribution in [-0.4, -0.2) is 25.5 Å². The minimum absolute atomic E-state index is 0.00435. The second-order valence-electron chi connectivity index (χ2n) is 5.58. The molecule has 0 spiro atoms. The number of rotatable bonds is 6. The molecule has 0 saturated heterocycles. The molecule has 2 N–H and O–H groups in total. The van der Waals surface area contributed by atoms with Crippen molar-refractivity contribution >= 4 is 0 Å². The summed E-state index contributed by atoms with van der Waals surface area (Å²) in [4.78, 5) is 0. The number of hydrogen-bond donors (Lipinski definition) is 2. The van der Waals surface area contributed by atoms with Crippen LogP contribution in [0.1, 0.15) is 44.7 Å². The van der Waals surface area contributed by atoms with E-state index in [9.17, 15) is 0 Å². The van der Waals surface area contributed by atoms with Gasteiger partial charge in [-0.15, -0.1) is 0 Å². The van der Waals surface area contributed by atoms with Crippen LogP contribution in [0.4, 0.5) is 0 Å². The van der Waals surface area contributed by atoms with Crippen LogP contribution in [0.5, 0.6) is 5.75 Å². The van der Waals surface area contributed by atoms with Crippen LogP contribution in [0.2, 0.25) is 0 Å². The fourth-order valence-corrected chi connectivity index (χ4v) is 2.08. The average Bonchev–Trinajstić information content (AvgIpc) is 2.35. The van der Waals surface area contributed by atoms with Gasteiger partial charge in [-0.1, -0.05) is 39.8 Å². The van der Waals surface area contributed by atoms with Crippen molar-refractivity contribution in [3.05, 3.63) is 29.3 Å². The minimum Gasteiger partial charge on any atom is -0.496 e. The van der Waals surface area contributed by atoms with Crippen molar-refractivity contribution in [1.29, 1.82) is 0 Å². The smallest absolute Gasteiger partial charge is 0.122 e. The van der Waals surface area contributed by atoms with E-state index < -0.39 is 0 Å². The summed E-state index contributed by atoms with van der Waals surface area (Å²) in [7, 11) is 1.70. The van der Waals surface area contributed by atoms with Gasteiger partial charge >= 0.3 is 0 Å². The molecule has 0 aliphatic carbocycles. The summed E-state index contributed by atoms with van der Waals surface area (Å²) in [6.45, 7) is 9.38. The Kier molecular flexibility index (Phi) is 5.17. The van der Waals surface area contributed by atoms with Crippen LogP contribution in [0.15, 0.2) is 18.2 Å². The van der Waals surface area contributed by atoms with Crippen LogP contribution in [0.25, 0.3) is 0 Å². The lowest BCUT2D eigenvalue weighted by atomic mass is 9.82. The van der Waals surface area contributed by atoms with E-state index in [0.717, 1.165) is 5.75 Å². The standard InChI is InChI=1S/C15H25NO2/c1-11(2)12-6-7-14(18-5)13(8-12)15(3,4)9-16-10-17/h6-8,11,16-17H,9-10H2,1-5H3. The number of methoxy groups -OCH3 is 1. The molecule has 0 atom stereocenters. The molecule has 0 heterocycles. The summed E-state index contributed by atoms with van der Waals surface area (Å²) < 4.78 is 5.46. The summed E-state index contributed by atoms with van der Waals surface area (Å²) in [6, 6.07) is 6.36. The predicted molar refractivity (Wildman–Crippen MR) is 75.2 cm³/mol. The van der Waals surface area contributed by atoms with Crippen LogP contribution >= 0.6 is 0 Å². The molecule has 0 aliphatic heterocycles. The predicted octanol–water partition coefficient (Wildman–Crippen LogP) is 2.64. The fraction of sp³-hybridized carbons (Fsp3) is 0.600. The normalized spacial score (nSPS) is 11.9. The molecule has 0 saturated carbocycles. The van der Waals surface area contributed by atoms with E-state index in [0.29, 0.717) is 12.5 Å². The highest BCUT2D eigenvalue weighted by molar-refractivity contribution is 5.43. The number of aliphatic hydroxyl groups is 1. The number of benzene rings is 1. The van der Waals surface area contributed by atoms with Crippen LogP contribution in [-0.2, 0) is 5.41 Å². The van der Waals surface area contributed by atoms with E-state index in [1.54, 1.807) is 7.11 Å². The molecule has 0 radical (unpaired) electrons. The first-order valence-electron chi connectivity index (χ1n) is 6.42. The molecule has 0 aromatic heterocycles. The van der Waals surface area contributed by atoms with Gasteiger partial charge in [0.2, 0.25) is 0 Å². The summed E-state index contributed by atoms with van der Waals surface area (Å²) in [5.74, 6) is 1.40.